The molecule has 0 aromatic carbocycles. The number of aryl methyl sites for hydroxylation is 1. The molecule has 0 aliphatic heterocycles. The van der Waals surface area contributed by atoms with Gasteiger partial charge in [0.05, 0.1) is 11.8 Å². The van der Waals surface area contributed by atoms with E-state index in [9.17, 15) is 14.7 Å². The molecule has 1 unspecified atom stereocenters. The molecule has 8 nitrogen and oxygen atoms in total. The van der Waals surface area contributed by atoms with Crippen LogP contribution in [-0.4, -0.2) is 44.4 Å². The van der Waals surface area contributed by atoms with Gasteiger partial charge in [-0.3, -0.25) is 4.79 Å². The van der Waals surface area contributed by atoms with Crippen LogP contribution in [0.15, 0.2) is 6.33 Å². The molecule has 2 aromatic rings. The van der Waals surface area contributed by atoms with Crippen LogP contribution in [0.4, 0.5) is 4.79 Å². The minimum Gasteiger partial charge on any atom is -0.481 e. The van der Waals surface area contributed by atoms with E-state index < -0.39 is 11.6 Å². The van der Waals surface area contributed by atoms with Crippen LogP contribution in [0.25, 0.3) is 10.2 Å². The number of aromatic nitrogens is 2. The summed E-state index contributed by atoms with van der Waals surface area (Å²) in [5.41, 5.74) is 0.245. The van der Waals surface area contributed by atoms with Crippen LogP contribution in [0.3, 0.4) is 0 Å². The van der Waals surface area contributed by atoms with E-state index in [1.54, 1.807) is 11.3 Å². The molecule has 1 fully saturated rings. The molecule has 1 saturated carbocycles. The molecule has 1 amide bonds. The Balaban J connectivity index is 1.47. The highest BCUT2D eigenvalue weighted by Gasteiger charge is 2.38. The number of fused-ring (bicyclic) bond motifs is 3. The lowest BCUT2D eigenvalue weighted by Crippen LogP contribution is -2.52. The molecule has 0 radical (unpaired) electrons. The number of nitrogens with one attached hydrogen (secondary N) is 1. The second-order valence-electron chi connectivity index (χ2n) is 10.2. The van der Waals surface area contributed by atoms with Crippen molar-refractivity contribution < 1.29 is 24.2 Å². The lowest BCUT2D eigenvalue weighted by molar-refractivity contribution is -0.137. The number of carbonyl (C=O) groups excluding carboxylic acids is 1. The number of hydrogen-bond donors (Lipinski definition) is 2. The number of nitrogens with zero attached hydrogens (tertiary/aromatic N) is 2. The summed E-state index contributed by atoms with van der Waals surface area (Å²) in [6.07, 6.45) is 6.98. The third-order valence-electron chi connectivity index (χ3n) is 6.73. The Labute approximate surface area is 198 Å². The van der Waals surface area contributed by atoms with Crippen LogP contribution in [0.5, 0.6) is 5.88 Å². The normalized spacial score (nSPS) is 25.0. The predicted molar refractivity (Wildman–Crippen MR) is 126 cm³/mol. The molecule has 4 rings (SSSR count). The highest BCUT2D eigenvalue weighted by atomic mass is 32.1. The van der Waals surface area contributed by atoms with Gasteiger partial charge in [0.15, 0.2) is 0 Å². The van der Waals surface area contributed by atoms with E-state index in [-0.39, 0.29) is 30.1 Å². The first-order chi connectivity index (χ1) is 15.6. The van der Waals surface area contributed by atoms with E-state index in [2.05, 4.69) is 22.2 Å². The minimum absolute atomic E-state index is 0.0157. The van der Waals surface area contributed by atoms with Gasteiger partial charge < -0.3 is 19.9 Å². The lowest BCUT2D eigenvalue weighted by atomic mass is 9.78. The summed E-state index contributed by atoms with van der Waals surface area (Å²) in [6, 6.07) is 0. The van der Waals surface area contributed by atoms with Crippen molar-refractivity contribution in [1.82, 2.24) is 15.3 Å². The van der Waals surface area contributed by atoms with Gasteiger partial charge in [-0.2, -0.15) is 0 Å². The maximum absolute atomic E-state index is 12.4. The number of hydrogen-bond acceptors (Lipinski definition) is 7. The van der Waals surface area contributed by atoms with E-state index in [1.165, 1.54) is 11.2 Å². The molecule has 0 bridgehead atoms. The monoisotopic (exact) mass is 475 g/mol. The molecule has 2 aliphatic rings. The van der Waals surface area contributed by atoms with Crippen molar-refractivity contribution in [2.24, 2.45) is 0 Å². The van der Waals surface area contributed by atoms with Gasteiger partial charge in [-0.1, -0.05) is 6.92 Å². The molecule has 33 heavy (non-hydrogen) atoms. The number of aliphatic carboxylic acids is 1. The number of carboxylic acid groups (broad SMARTS) is 1. The average Bonchev–Trinajstić information content (AvgIpc) is 3.28. The minimum atomic E-state index is -0.785. The van der Waals surface area contributed by atoms with Gasteiger partial charge in [0.2, 0.25) is 5.88 Å². The standard InChI is InChI=1S/C24H33N3O5S/c1-5-24(27-22(30)32-23(2,3)4)10-8-15(9-11-24)31-20-19-18-14(12-17(28)29)6-7-16(18)33-21(19)26-13-25-20/h13-15H,5-12H2,1-4H3,(H,27,30)(H,28,29). The maximum Gasteiger partial charge on any atom is 0.408 e. The smallest absolute Gasteiger partial charge is 0.408 e. The first-order valence-electron chi connectivity index (χ1n) is 11.7. The van der Waals surface area contributed by atoms with Crippen LogP contribution in [0.1, 0.15) is 89.0 Å². The highest BCUT2D eigenvalue weighted by molar-refractivity contribution is 7.19. The van der Waals surface area contributed by atoms with Gasteiger partial charge in [-0.25, -0.2) is 14.8 Å². The molecule has 2 heterocycles. The van der Waals surface area contributed by atoms with E-state index >= 15 is 0 Å². The van der Waals surface area contributed by atoms with Crippen molar-refractivity contribution in [3.63, 3.8) is 0 Å². The summed E-state index contributed by atoms with van der Waals surface area (Å²) in [7, 11) is 0. The van der Waals surface area contributed by atoms with Crippen molar-refractivity contribution in [2.45, 2.75) is 102 Å². The van der Waals surface area contributed by atoms with Crippen LogP contribution in [0.2, 0.25) is 0 Å². The summed E-state index contributed by atoms with van der Waals surface area (Å²) in [4.78, 5) is 34.7. The van der Waals surface area contributed by atoms with Gasteiger partial charge >= 0.3 is 12.1 Å². The van der Waals surface area contributed by atoms with Crippen LogP contribution in [-0.2, 0) is 16.0 Å². The van der Waals surface area contributed by atoms with E-state index in [0.717, 1.165) is 60.7 Å². The Kier molecular flexibility index (Phi) is 6.53. The molecule has 2 aromatic heterocycles. The molecular formula is C24H33N3O5S. The van der Waals surface area contributed by atoms with Crippen molar-refractivity contribution in [1.29, 1.82) is 0 Å². The van der Waals surface area contributed by atoms with E-state index in [0.29, 0.717) is 5.88 Å². The second kappa shape index (κ2) is 9.08. The molecule has 0 spiro atoms. The van der Waals surface area contributed by atoms with E-state index in [4.69, 9.17) is 9.47 Å². The summed E-state index contributed by atoms with van der Waals surface area (Å²) in [5, 5.41) is 13.3. The quantitative estimate of drug-likeness (QED) is 0.591. The Hall–Kier alpha value is -2.42. The largest absolute Gasteiger partial charge is 0.481 e. The first kappa shape index (κ1) is 23.7. The fourth-order valence-electron chi connectivity index (χ4n) is 5.05. The molecular weight excluding hydrogens is 442 g/mol. The number of rotatable bonds is 6. The molecule has 2 N–H and O–H groups in total. The lowest BCUT2D eigenvalue weighted by Gasteiger charge is -2.40. The Morgan fingerprint density at radius 3 is 2.61 bits per heavy atom. The van der Waals surface area contributed by atoms with Gasteiger partial charge in [-0.05, 0) is 77.2 Å². The average molecular weight is 476 g/mol. The second-order valence-corrected chi connectivity index (χ2v) is 11.3. The predicted octanol–water partition coefficient (Wildman–Crippen LogP) is 5.19. The zero-order valence-electron chi connectivity index (χ0n) is 19.8. The van der Waals surface area contributed by atoms with Gasteiger partial charge in [-0.15, -0.1) is 11.3 Å². The van der Waals surface area contributed by atoms with Gasteiger partial charge in [0, 0.05) is 10.4 Å². The maximum atomic E-state index is 12.4. The Morgan fingerprint density at radius 1 is 1.24 bits per heavy atom. The van der Waals surface area contributed by atoms with Crippen LogP contribution in [0, 0.1) is 0 Å². The van der Waals surface area contributed by atoms with Crippen molar-refractivity contribution >= 4 is 33.6 Å². The Morgan fingerprint density at radius 2 is 1.97 bits per heavy atom. The van der Waals surface area contributed by atoms with Crippen molar-refractivity contribution in [2.75, 3.05) is 0 Å². The first-order valence-corrected chi connectivity index (χ1v) is 12.6. The fraction of sp³-hybridized carbons (Fsp3) is 0.667. The number of alkyl carbamates (subject to hydrolysis) is 1. The molecule has 2 aliphatic carbocycles. The zero-order chi connectivity index (χ0) is 23.8. The van der Waals surface area contributed by atoms with Crippen LogP contribution >= 0.6 is 11.3 Å². The Bertz CT molecular complexity index is 1040. The molecule has 9 heteroatoms. The third kappa shape index (κ3) is 5.23. The number of amides is 1. The summed E-state index contributed by atoms with van der Waals surface area (Å²) in [6.45, 7) is 7.67. The number of thiophene rings is 1. The third-order valence-corrected chi connectivity index (χ3v) is 7.90. The van der Waals surface area contributed by atoms with Crippen molar-refractivity contribution in [3.05, 3.63) is 16.8 Å². The molecule has 0 saturated heterocycles. The zero-order valence-corrected chi connectivity index (χ0v) is 20.6. The number of carbonyl (C=O) groups is 2. The van der Waals surface area contributed by atoms with Crippen molar-refractivity contribution in [3.8, 4) is 5.88 Å². The topological polar surface area (TPSA) is 111 Å². The number of carboxylic acids is 1. The fourth-order valence-corrected chi connectivity index (χ4v) is 6.28. The summed E-state index contributed by atoms with van der Waals surface area (Å²) in [5.74, 6) is -0.243. The van der Waals surface area contributed by atoms with Crippen LogP contribution < -0.4 is 10.1 Å². The van der Waals surface area contributed by atoms with Gasteiger partial charge in [0.1, 0.15) is 22.9 Å². The molecule has 1 atom stereocenters. The number of ether oxygens (including phenoxy) is 2. The SMILES string of the molecule is CCC1(NC(=O)OC(C)(C)C)CCC(Oc2ncnc3sc4c(c23)C(CC(=O)O)CC4)CC1. The summed E-state index contributed by atoms with van der Waals surface area (Å²) < 4.78 is 11.9. The molecule has 180 valence electrons. The van der Waals surface area contributed by atoms with E-state index in [1.807, 2.05) is 20.8 Å². The highest BCUT2D eigenvalue weighted by Crippen LogP contribution is 2.47. The summed E-state index contributed by atoms with van der Waals surface area (Å²) >= 11 is 1.62. The van der Waals surface area contributed by atoms with Gasteiger partial charge in [0.25, 0.3) is 0 Å².